The monoisotopic (exact) mass is 429 g/mol. The van der Waals surface area contributed by atoms with Gasteiger partial charge in [-0.15, -0.1) is 0 Å². The van der Waals surface area contributed by atoms with Crippen LogP contribution in [0.3, 0.4) is 0 Å². The van der Waals surface area contributed by atoms with Gasteiger partial charge in [0, 0.05) is 12.5 Å². The first-order chi connectivity index (χ1) is 15.6. The average Bonchev–Trinajstić information content (AvgIpc) is 3.16. The molecule has 0 radical (unpaired) electrons. The normalized spacial score (nSPS) is 14.2. The van der Waals surface area contributed by atoms with Gasteiger partial charge in [-0.3, -0.25) is 0 Å². The van der Waals surface area contributed by atoms with Gasteiger partial charge in [-0.05, 0) is 39.8 Å². The summed E-state index contributed by atoms with van der Waals surface area (Å²) < 4.78 is 5.50. The molecule has 4 rings (SSSR count). The first-order valence-electron chi connectivity index (χ1n) is 10.8. The molecule has 0 aromatic heterocycles. The molecule has 0 aliphatic heterocycles. The van der Waals surface area contributed by atoms with E-state index in [0.717, 1.165) is 16.7 Å². The van der Waals surface area contributed by atoms with E-state index < -0.39 is 18.3 Å². The van der Waals surface area contributed by atoms with E-state index in [1.807, 2.05) is 36.4 Å². The van der Waals surface area contributed by atoms with Crippen molar-refractivity contribution in [2.45, 2.75) is 24.5 Å². The van der Waals surface area contributed by atoms with Crippen molar-refractivity contribution >= 4 is 12.2 Å². The van der Waals surface area contributed by atoms with Crippen LogP contribution in [0.15, 0.2) is 79.4 Å². The van der Waals surface area contributed by atoms with Crippen molar-refractivity contribution in [3.63, 3.8) is 0 Å². The van der Waals surface area contributed by atoms with Crippen LogP contribution in [0.4, 0.5) is 4.79 Å². The first-order valence-corrected chi connectivity index (χ1v) is 10.8. The smallest absolute Gasteiger partial charge is 0.407 e. The van der Waals surface area contributed by atoms with E-state index in [0.29, 0.717) is 5.56 Å². The fourth-order valence-electron chi connectivity index (χ4n) is 4.30. The van der Waals surface area contributed by atoms with Gasteiger partial charge in [-0.25, -0.2) is 4.79 Å². The molecule has 1 amide bonds. The molecule has 0 fully saturated rings. The molecule has 164 valence electrons. The average molecular weight is 430 g/mol. The highest BCUT2D eigenvalue weighted by Gasteiger charge is 2.29. The summed E-state index contributed by atoms with van der Waals surface area (Å²) in [6, 6.07) is 23.6. The largest absolute Gasteiger partial charge is 0.449 e. The van der Waals surface area contributed by atoms with Gasteiger partial charge in [0.25, 0.3) is 0 Å². The van der Waals surface area contributed by atoms with Crippen LogP contribution in [0, 0.1) is 0 Å². The standard InChI is InChI=1S/C27H27NO4/c1-2-18-9-3-4-10-19(18)26(30)25(29)15-16-28-27(31)32-17-24-22-13-7-5-11-20(22)21-12-6-8-14-23(21)24/h2-14,24-26,29-30H,1,15-17H2,(H,28,31). The van der Waals surface area contributed by atoms with Crippen LogP contribution in [-0.2, 0) is 4.74 Å². The molecule has 0 spiro atoms. The molecule has 5 heteroatoms. The van der Waals surface area contributed by atoms with Crippen molar-refractivity contribution in [2.24, 2.45) is 0 Å². The lowest BCUT2D eigenvalue weighted by Gasteiger charge is -2.20. The molecule has 3 aromatic rings. The highest BCUT2D eigenvalue weighted by atomic mass is 16.5. The quantitative estimate of drug-likeness (QED) is 0.487. The van der Waals surface area contributed by atoms with Crippen LogP contribution < -0.4 is 5.32 Å². The van der Waals surface area contributed by atoms with E-state index in [2.05, 4.69) is 36.2 Å². The number of benzene rings is 3. The third kappa shape index (κ3) is 4.44. The zero-order chi connectivity index (χ0) is 22.5. The Morgan fingerprint density at radius 3 is 2.22 bits per heavy atom. The second-order valence-corrected chi connectivity index (χ2v) is 7.89. The minimum Gasteiger partial charge on any atom is -0.449 e. The van der Waals surface area contributed by atoms with Crippen LogP contribution in [-0.4, -0.2) is 35.6 Å². The van der Waals surface area contributed by atoms with E-state index in [-0.39, 0.29) is 25.5 Å². The molecule has 0 saturated heterocycles. The third-order valence-corrected chi connectivity index (χ3v) is 5.95. The summed E-state index contributed by atoms with van der Waals surface area (Å²) in [5.74, 6) is -0.00373. The Morgan fingerprint density at radius 2 is 1.56 bits per heavy atom. The Morgan fingerprint density at radius 1 is 0.969 bits per heavy atom. The number of amides is 1. The maximum Gasteiger partial charge on any atom is 0.407 e. The fraction of sp³-hybridized carbons (Fsp3) is 0.222. The van der Waals surface area contributed by atoms with Gasteiger partial charge in [-0.2, -0.15) is 0 Å². The molecule has 1 aliphatic carbocycles. The maximum atomic E-state index is 12.3. The molecule has 0 saturated carbocycles. The highest BCUT2D eigenvalue weighted by Crippen LogP contribution is 2.44. The summed E-state index contributed by atoms with van der Waals surface area (Å²) in [4.78, 5) is 12.3. The molecule has 32 heavy (non-hydrogen) atoms. The molecule has 5 nitrogen and oxygen atoms in total. The third-order valence-electron chi connectivity index (χ3n) is 5.95. The van der Waals surface area contributed by atoms with Crippen molar-refractivity contribution in [1.29, 1.82) is 0 Å². The Hall–Kier alpha value is -3.41. The molecule has 2 unspecified atom stereocenters. The van der Waals surface area contributed by atoms with Crippen LogP contribution >= 0.6 is 0 Å². The number of alkyl carbamates (subject to hydrolysis) is 1. The lowest BCUT2D eigenvalue weighted by molar-refractivity contribution is 0.0135. The van der Waals surface area contributed by atoms with Crippen LogP contribution in [0.25, 0.3) is 17.2 Å². The Balaban J connectivity index is 1.29. The number of hydrogen-bond acceptors (Lipinski definition) is 4. The Labute approximate surface area is 188 Å². The second kappa shape index (κ2) is 9.81. The summed E-state index contributed by atoms with van der Waals surface area (Å²) in [5.41, 5.74) is 6.03. The van der Waals surface area contributed by atoms with Crippen molar-refractivity contribution in [1.82, 2.24) is 5.32 Å². The number of nitrogens with one attached hydrogen (secondary N) is 1. The van der Waals surface area contributed by atoms with Crippen LogP contribution in [0.1, 0.15) is 40.7 Å². The van der Waals surface area contributed by atoms with Gasteiger partial charge < -0.3 is 20.3 Å². The highest BCUT2D eigenvalue weighted by molar-refractivity contribution is 5.79. The van der Waals surface area contributed by atoms with Gasteiger partial charge >= 0.3 is 6.09 Å². The SMILES string of the molecule is C=Cc1ccccc1C(O)C(O)CCNC(=O)OCC1c2ccccc2-c2ccccc21. The number of fused-ring (bicyclic) bond motifs is 3. The summed E-state index contributed by atoms with van der Waals surface area (Å²) in [6.45, 7) is 4.15. The van der Waals surface area contributed by atoms with Crippen molar-refractivity contribution in [2.75, 3.05) is 13.2 Å². The van der Waals surface area contributed by atoms with Crippen molar-refractivity contribution in [3.05, 3.63) is 102 Å². The van der Waals surface area contributed by atoms with Gasteiger partial charge in [-0.1, -0.05) is 85.5 Å². The van der Waals surface area contributed by atoms with Crippen LogP contribution in [0.2, 0.25) is 0 Å². The molecule has 1 aliphatic rings. The topological polar surface area (TPSA) is 78.8 Å². The molecule has 3 aromatic carbocycles. The number of aliphatic hydroxyl groups is 2. The number of rotatable bonds is 8. The van der Waals surface area contributed by atoms with Gasteiger partial charge in [0.15, 0.2) is 0 Å². The van der Waals surface area contributed by atoms with E-state index in [9.17, 15) is 15.0 Å². The summed E-state index contributed by atoms with van der Waals surface area (Å²) in [7, 11) is 0. The van der Waals surface area contributed by atoms with Crippen molar-refractivity contribution < 1.29 is 19.7 Å². The Bertz CT molecular complexity index is 1060. The predicted molar refractivity (Wildman–Crippen MR) is 125 cm³/mol. The molecule has 0 bridgehead atoms. The minimum atomic E-state index is -1.06. The van der Waals surface area contributed by atoms with Crippen molar-refractivity contribution in [3.8, 4) is 11.1 Å². The first kappa shape index (κ1) is 21.8. The zero-order valence-electron chi connectivity index (χ0n) is 17.8. The summed E-state index contributed by atoms with van der Waals surface area (Å²) in [6.07, 6.45) is -0.796. The van der Waals surface area contributed by atoms with Gasteiger partial charge in [0.1, 0.15) is 12.7 Å². The lowest BCUT2D eigenvalue weighted by atomic mass is 9.97. The molecular weight excluding hydrogens is 402 g/mol. The Kier molecular flexibility index (Phi) is 6.69. The van der Waals surface area contributed by atoms with Gasteiger partial charge in [0.2, 0.25) is 0 Å². The number of ether oxygens (including phenoxy) is 1. The van der Waals surface area contributed by atoms with E-state index in [4.69, 9.17) is 4.74 Å². The second-order valence-electron chi connectivity index (χ2n) is 7.89. The number of hydrogen-bond donors (Lipinski definition) is 3. The summed E-state index contributed by atoms with van der Waals surface area (Å²) >= 11 is 0. The molecule has 2 atom stereocenters. The molecule has 0 heterocycles. The number of aliphatic hydroxyl groups excluding tert-OH is 2. The zero-order valence-corrected chi connectivity index (χ0v) is 17.8. The molecular formula is C27H27NO4. The van der Waals surface area contributed by atoms with Crippen LogP contribution in [0.5, 0.6) is 0 Å². The predicted octanol–water partition coefficient (Wildman–Crippen LogP) is 4.65. The maximum absolute atomic E-state index is 12.3. The minimum absolute atomic E-state index is 0.00373. The van der Waals surface area contributed by atoms with E-state index in [1.165, 1.54) is 11.1 Å². The number of carbonyl (C=O) groups excluding carboxylic acids is 1. The molecule has 3 N–H and O–H groups in total. The lowest BCUT2D eigenvalue weighted by Crippen LogP contribution is -2.30. The van der Waals surface area contributed by atoms with E-state index in [1.54, 1.807) is 18.2 Å². The van der Waals surface area contributed by atoms with E-state index >= 15 is 0 Å². The van der Waals surface area contributed by atoms with Gasteiger partial charge in [0.05, 0.1) is 6.10 Å². The number of carbonyl (C=O) groups is 1. The fourth-order valence-corrected chi connectivity index (χ4v) is 4.30. The summed E-state index contributed by atoms with van der Waals surface area (Å²) in [5, 5.41) is 23.5.